The predicted molar refractivity (Wildman–Crippen MR) is 90.7 cm³/mol. The van der Waals surface area contributed by atoms with Crippen LogP contribution in [0.1, 0.15) is 34.3 Å². The topological polar surface area (TPSA) is 46.2 Å². The second-order valence-corrected chi connectivity index (χ2v) is 6.67. The highest BCUT2D eigenvalue weighted by molar-refractivity contribution is 9.10. The third-order valence-electron chi connectivity index (χ3n) is 3.86. The van der Waals surface area contributed by atoms with Gasteiger partial charge in [0.15, 0.2) is 5.78 Å². The van der Waals surface area contributed by atoms with E-state index < -0.39 is 0 Å². The van der Waals surface area contributed by atoms with Gasteiger partial charge in [0.2, 0.25) is 5.91 Å². The van der Waals surface area contributed by atoms with Gasteiger partial charge in [0, 0.05) is 27.2 Å². The van der Waals surface area contributed by atoms with E-state index in [2.05, 4.69) is 21.2 Å². The first-order valence-corrected chi connectivity index (χ1v) is 8.05. The molecule has 0 radical (unpaired) electrons. The Bertz CT molecular complexity index is 788. The van der Waals surface area contributed by atoms with Crippen LogP contribution in [0, 0.1) is 0 Å². The minimum absolute atomic E-state index is 0.0270. The number of rotatable bonds is 3. The Balaban J connectivity index is 1.85. The first-order chi connectivity index (χ1) is 10.5. The molecule has 1 atom stereocenters. The van der Waals surface area contributed by atoms with Crippen LogP contribution in [0.3, 0.4) is 0 Å². The zero-order valence-corrected chi connectivity index (χ0v) is 14.2. The van der Waals surface area contributed by atoms with Gasteiger partial charge in [-0.25, -0.2) is 0 Å². The molecule has 0 saturated heterocycles. The molecule has 2 aromatic rings. The number of carbonyl (C=O) groups is 2. The van der Waals surface area contributed by atoms with Crippen molar-refractivity contribution in [1.29, 1.82) is 0 Å². The van der Waals surface area contributed by atoms with Gasteiger partial charge in [-0.05, 0) is 36.2 Å². The Hall–Kier alpha value is -1.65. The van der Waals surface area contributed by atoms with Gasteiger partial charge in [-0.2, -0.15) is 0 Å². The van der Waals surface area contributed by atoms with Crippen LogP contribution in [-0.4, -0.2) is 11.7 Å². The summed E-state index contributed by atoms with van der Waals surface area (Å²) < 4.78 is 0.878. The number of hydrogen-bond donors (Lipinski definition) is 1. The fourth-order valence-electron chi connectivity index (χ4n) is 2.54. The largest absolute Gasteiger partial charge is 0.325 e. The fourth-order valence-corrected chi connectivity index (χ4v) is 3.28. The number of ketones is 1. The average Bonchev–Trinajstić information content (AvgIpc) is 2.76. The third-order valence-corrected chi connectivity index (χ3v) is 4.70. The van der Waals surface area contributed by atoms with Gasteiger partial charge in [0.1, 0.15) is 0 Å². The van der Waals surface area contributed by atoms with E-state index in [-0.39, 0.29) is 24.0 Å². The molecule has 0 fully saturated rings. The van der Waals surface area contributed by atoms with E-state index in [1.807, 2.05) is 25.1 Å². The van der Waals surface area contributed by atoms with E-state index in [0.717, 1.165) is 21.3 Å². The lowest BCUT2D eigenvalue weighted by Crippen LogP contribution is -2.08. The van der Waals surface area contributed by atoms with Crippen LogP contribution in [0.25, 0.3) is 0 Å². The number of Topliss-reactive ketones (excluding diaryl/α,β-unsaturated/α-hetero) is 1. The second-order valence-electron chi connectivity index (χ2n) is 5.35. The van der Waals surface area contributed by atoms with E-state index in [4.69, 9.17) is 11.6 Å². The fraction of sp³-hybridized carbons (Fsp3) is 0.176. The van der Waals surface area contributed by atoms with E-state index in [9.17, 15) is 9.59 Å². The quantitative estimate of drug-likeness (QED) is 0.794. The molecule has 112 valence electrons. The van der Waals surface area contributed by atoms with Gasteiger partial charge in [-0.3, -0.25) is 9.59 Å². The first-order valence-electron chi connectivity index (χ1n) is 6.87. The number of benzene rings is 2. The van der Waals surface area contributed by atoms with Crippen LogP contribution in [0.4, 0.5) is 5.69 Å². The van der Waals surface area contributed by atoms with Crippen molar-refractivity contribution in [3.8, 4) is 0 Å². The molecule has 1 unspecified atom stereocenters. The molecule has 1 aliphatic rings. The first kappa shape index (κ1) is 15.3. The summed E-state index contributed by atoms with van der Waals surface area (Å²) in [6, 6.07) is 10.8. The molecule has 0 bridgehead atoms. The van der Waals surface area contributed by atoms with Gasteiger partial charge in [-0.15, -0.1) is 0 Å². The molecule has 3 rings (SSSR count). The molecule has 0 aliphatic carbocycles. The molecular weight excluding hydrogens is 366 g/mol. The smallest absolute Gasteiger partial charge is 0.231 e. The van der Waals surface area contributed by atoms with Crippen molar-refractivity contribution in [2.45, 2.75) is 19.3 Å². The van der Waals surface area contributed by atoms with Crippen molar-refractivity contribution >= 4 is 44.9 Å². The van der Waals surface area contributed by atoms with Gasteiger partial charge >= 0.3 is 0 Å². The number of halogens is 2. The molecular formula is C17H13BrClNO2. The second kappa shape index (κ2) is 5.86. The Labute approximate surface area is 141 Å². The SMILES string of the molecule is CC1C(=O)Nc2cc(C(=O)Cc3ccc(Br)cc3Cl)ccc21. The van der Waals surface area contributed by atoms with Crippen LogP contribution in [-0.2, 0) is 11.2 Å². The highest BCUT2D eigenvalue weighted by Gasteiger charge is 2.27. The Morgan fingerprint density at radius 2 is 2.05 bits per heavy atom. The van der Waals surface area contributed by atoms with Crippen LogP contribution < -0.4 is 5.32 Å². The summed E-state index contributed by atoms with van der Waals surface area (Å²) in [7, 11) is 0. The Morgan fingerprint density at radius 3 is 2.77 bits per heavy atom. The number of carbonyl (C=O) groups excluding carboxylic acids is 2. The van der Waals surface area contributed by atoms with Crippen LogP contribution in [0.15, 0.2) is 40.9 Å². The number of anilines is 1. The summed E-state index contributed by atoms with van der Waals surface area (Å²) in [5.74, 6) is -0.226. The standard InChI is InChI=1S/C17H13BrClNO2/c1-9-13-5-3-11(6-15(13)20-17(9)22)16(21)7-10-2-4-12(18)8-14(10)19/h2-6,8-9H,7H2,1H3,(H,20,22). The van der Waals surface area contributed by atoms with Gasteiger partial charge in [0.05, 0.1) is 5.92 Å². The molecule has 1 heterocycles. The molecule has 1 N–H and O–H groups in total. The summed E-state index contributed by atoms with van der Waals surface area (Å²) in [4.78, 5) is 24.1. The molecule has 1 aliphatic heterocycles. The minimum atomic E-state index is -0.167. The molecule has 1 amide bonds. The van der Waals surface area contributed by atoms with Crippen molar-refractivity contribution in [3.05, 3.63) is 62.6 Å². The van der Waals surface area contributed by atoms with Gasteiger partial charge in [0.25, 0.3) is 0 Å². The molecule has 0 aromatic heterocycles. The van der Waals surface area contributed by atoms with Gasteiger partial charge in [-0.1, -0.05) is 45.7 Å². The highest BCUT2D eigenvalue weighted by Crippen LogP contribution is 2.33. The zero-order chi connectivity index (χ0) is 15.9. The number of hydrogen-bond acceptors (Lipinski definition) is 2. The Kier molecular flexibility index (Phi) is 4.06. The van der Waals surface area contributed by atoms with Gasteiger partial charge < -0.3 is 5.32 Å². The van der Waals surface area contributed by atoms with Crippen molar-refractivity contribution in [3.63, 3.8) is 0 Å². The summed E-state index contributed by atoms with van der Waals surface area (Å²) in [6.45, 7) is 1.85. The predicted octanol–water partition coefficient (Wildman–Crippen LogP) is 4.58. The van der Waals surface area contributed by atoms with E-state index in [1.165, 1.54) is 0 Å². The lowest BCUT2D eigenvalue weighted by molar-refractivity contribution is -0.116. The Morgan fingerprint density at radius 1 is 1.27 bits per heavy atom. The van der Waals surface area contributed by atoms with E-state index >= 15 is 0 Å². The molecule has 0 saturated carbocycles. The lowest BCUT2D eigenvalue weighted by Gasteiger charge is -2.07. The van der Waals surface area contributed by atoms with Crippen LogP contribution in [0.2, 0.25) is 5.02 Å². The van der Waals surface area contributed by atoms with Crippen LogP contribution in [0.5, 0.6) is 0 Å². The van der Waals surface area contributed by atoms with Crippen LogP contribution >= 0.6 is 27.5 Å². The average molecular weight is 379 g/mol. The summed E-state index contributed by atoms with van der Waals surface area (Å²) >= 11 is 9.50. The maximum Gasteiger partial charge on any atom is 0.231 e. The minimum Gasteiger partial charge on any atom is -0.325 e. The van der Waals surface area contributed by atoms with Crippen molar-refractivity contribution < 1.29 is 9.59 Å². The van der Waals surface area contributed by atoms with Crippen molar-refractivity contribution in [2.24, 2.45) is 0 Å². The molecule has 2 aromatic carbocycles. The third kappa shape index (κ3) is 2.81. The highest BCUT2D eigenvalue weighted by atomic mass is 79.9. The number of nitrogens with one attached hydrogen (secondary N) is 1. The molecule has 5 heteroatoms. The maximum absolute atomic E-state index is 12.4. The lowest BCUT2D eigenvalue weighted by atomic mass is 9.98. The zero-order valence-electron chi connectivity index (χ0n) is 11.8. The monoisotopic (exact) mass is 377 g/mol. The summed E-state index contributed by atoms with van der Waals surface area (Å²) in [5, 5.41) is 3.36. The summed E-state index contributed by atoms with van der Waals surface area (Å²) in [5.41, 5.74) is 3.02. The summed E-state index contributed by atoms with van der Waals surface area (Å²) in [6.07, 6.45) is 0.231. The normalized spacial score (nSPS) is 16.3. The van der Waals surface area contributed by atoms with Crippen molar-refractivity contribution in [1.82, 2.24) is 0 Å². The molecule has 22 heavy (non-hydrogen) atoms. The van der Waals surface area contributed by atoms with Crippen molar-refractivity contribution in [2.75, 3.05) is 5.32 Å². The van der Waals surface area contributed by atoms with E-state index in [0.29, 0.717) is 10.6 Å². The number of amides is 1. The number of fused-ring (bicyclic) bond motifs is 1. The molecule has 3 nitrogen and oxygen atoms in total. The molecule has 0 spiro atoms. The van der Waals surface area contributed by atoms with E-state index in [1.54, 1.807) is 18.2 Å². The maximum atomic E-state index is 12.4.